The number of nitriles is 1. The van der Waals surface area contributed by atoms with Gasteiger partial charge in [0.15, 0.2) is 0 Å². The van der Waals surface area contributed by atoms with Gasteiger partial charge >= 0.3 is 0 Å². The number of methoxy groups -OCH3 is 1. The average molecular weight is 396 g/mol. The highest BCUT2D eigenvalue weighted by Crippen LogP contribution is 2.46. The molecule has 2 saturated carbocycles. The van der Waals surface area contributed by atoms with Crippen molar-refractivity contribution in [3.8, 4) is 6.07 Å². The number of benzene rings is 1. The summed E-state index contributed by atoms with van der Waals surface area (Å²) in [6.45, 7) is 0. The summed E-state index contributed by atoms with van der Waals surface area (Å²) >= 11 is 0. The van der Waals surface area contributed by atoms with Crippen molar-refractivity contribution in [2.75, 3.05) is 7.11 Å². The minimum absolute atomic E-state index is 0.0328. The summed E-state index contributed by atoms with van der Waals surface area (Å²) < 4.78 is 19.2. The molecule has 2 aliphatic rings. The Morgan fingerprint density at radius 3 is 2.31 bits per heavy atom. The Labute approximate surface area is 175 Å². The third kappa shape index (κ3) is 6.03. The molecule has 2 nitrogen and oxygen atoms in total. The van der Waals surface area contributed by atoms with Gasteiger partial charge in [0.2, 0.25) is 0 Å². The van der Waals surface area contributed by atoms with Gasteiger partial charge in [0.1, 0.15) is 5.82 Å². The predicted octanol–water partition coefficient (Wildman–Crippen LogP) is 7.09. The third-order valence-corrected chi connectivity index (χ3v) is 7.34. The Balaban J connectivity index is 1.44. The summed E-state index contributed by atoms with van der Waals surface area (Å²) in [5.41, 5.74) is 1.34. The van der Waals surface area contributed by atoms with Crippen LogP contribution in [0.1, 0.15) is 75.7 Å². The Bertz CT molecular complexity index is 714. The number of rotatable bonds is 7. The normalized spacial score (nSPS) is 30.6. The van der Waals surface area contributed by atoms with E-state index in [1.165, 1.54) is 50.2 Å². The van der Waals surface area contributed by atoms with Gasteiger partial charge in [-0.05, 0) is 99.7 Å². The van der Waals surface area contributed by atoms with Crippen LogP contribution in [-0.2, 0) is 4.74 Å². The largest absolute Gasteiger partial charge is 0.378 e. The Morgan fingerprint density at radius 1 is 1.03 bits per heavy atom. The monoisotopic (exact) mass is 395 g/mol. The lowest BCUT2D eigenvalue weighted by Crippen LogP contribution is -2.38. The van der Waals surface area contributed by atoms with Gasteiger partial charge in [-0.1, -0.05) is 30.4 Å². The standard InChI is InChI=1S/C26H34FNO/c1-29-26(17-5-3-2-4-6-20-28)18-15-24(16-19-26)22-9-7-21(8-10-22)23-11-13-25(27)14-12-23/h2-4,6,11-14,21-22,24H,5,7-10,15-19H2,1H3/t21-,22-,24-,26+. The molecule has 3 rings (SSSR count). The molecule has 1 aromatic rings. The van der Waals surface area contributed by atoms with Crippen LogP contribution in [0.25, 0.3) is 0 Å². The summed E-state index contributed by atoms with van der Waals surface area (Å²) in [6.07, 6.45) is 19.4. The molecule has 2 fully saturated rings. The smallest absolute Gasteiger partial charge is 0.123 e. The molecule has 2 aliphatic carbocycles. The third-order valence-electron chi connectivity index (χ3n) is 7.34. The number of allylic oxidation sites excluding steroid dienone is 4. The molecule has 0 N–H and O–H groups in total. The Morgan fingerprint density at radius 2 is 1.69 bits per heavy atom. The van der Waals surface area contributed by atoms with Crippen molar-refractivity contribution in [3.63, 3.8) is 0 Å². The molecule has 0 spiro atoms. The molecule has 3 heteroatoms. The van der Waals surface area contributed by atoms with E-state index in [1.807, 2.05) is 31.4 Å². The van der Waals surface area contributed by atoms with E-state index >= 15 is 0 Å². The van der Waals surface area contributed by atoms with Crippen LogP contribution in [0.4, 0.5) is 4.39 Å². The van der Waals surface area contributed by atoms with Gasteiger partial charge in [0.25, 0.3) is 0 Å². The second-order valence-corrected chi connectivity index (χ2v) is 8.84. The lowest BCUT2D eigenvalue weighted by Gasteiger charge is -2.43. The molecular weight excluding hydrogens is 361 g/mol. The lowest BCUT2D eigenvalue weighted by atomic mass is 9.66. The van der Waals surface area contributed by atoms with Crippen molar-refractivity contribution in [3.05, 3.63) is 60.0 Å². The van der Waals surface area contributed by atoms with Gasteiger partial charge in [-0.25, -0.2) is 4.39 Å². The molecule has 0 unspecified atom stereocenters. The molecule has 0 bridgehead atoms. The minimum atomic E-state index is -0.139. The summed E-state index contributed by atoms with van der Waals surface area (Å²) in [7, 11) is 1.87. The molecule has 29 heavy (non-hydrogen) atoms. The summed E-state index contributed by atoms with van der Waals surface area (Å²) in [6, 6.07) is 9.14. The van der Waals surface area contributed by atoms with E-state index in [1.54, 1.807) is 18.2 Å². The fourth-order valence-corrected chi connectivity index (χ4v) is 5.47. The number of hydrogen-bond acceptors (Lipinski definition) is 2. The molecule has 1 aromatic carbocycles. The van der Waals surface area contributed by atoms with Crippen LogP contribution in [0.3, 0.4) is 0 Å². The fraction of sp³-hybridized carbons (Fsp3) is 0.577. The second kappa shape index (κ2) is 10.7. The predicted molar refractivity (Wildman–Crippen MR) is 116 cm³/mol. The fourth-order valence-electron chi connectivity index (χ4n) is 5.47. The van der Waals surface area contributed by atoms with Crippen LogP contribution in [0, 0.1) is 29.0 Å². The molecule has 156 valence electrons. The van der Waals surface area contributed by atoms with Crippen molar-refractivity contribution >= 4 is 0 Å². The quantitative estimate of drug-likeness (QED) is 0.365. The lowest BCUT2D eigenvalue weighted by molar-refractivity contribution is -0.0614. The van der Waals surface area contributed by atoms with Crippen LogP contribution in [-0.4, -0.2) is 12.7 Å². The van der Waals surface area contributed by atoms with Gasteiger partial charge in [0.05, 0.1) is 11.7 Å². The highest BCUT2D eigenvalue weighted by molar-refractivity contribution is 5.21. The molecule has 0 heterocycles. The number of halogens is 1. The Hall–Kier alpha value is -1.92. The first-order valence-corrected chi connectivity index (χ1v) is 11.2. The average Bonchev–Trinajstić information content (AvgIpc) is 2.77. The van der Waals surface area contributed by atoms with Crippen LogP contribution < -0.4 is 0 Å². The van der Waals surface area contributed by atoms with E-state index in [9.17, 15) is 4.39 Å². The number of nitrogens with zero attached hydrogens (tertiary/aromatic N) is 1. The van der Waals surface area contributed by atoms with Crippen molar-refractivity contribution in [1.82, 2.24) is 0 Å². The van der Waals surface area contributed by atoms with E-state index in [0.717, 1.165) is 37.5 Å². The summed E-state index contributed by atoms with van der Waals surface area (Å²) in [5, 5.41) is 8.52. The zero-order chi connectivity index (χ0) is 20.5. The molecule has 0 atom stereocenters. The van der Waals surface area contributed by atoms with Gasteiger partial charge in [-0.15, -0.1) is 0 Å². The second-order valence-electron chi connectivity index (χ2n) is 8.84. The van der Waals surface area contributed by atoms with Gasteiger partial charge < -0.3 is 4.74 Å². The molecule has 0 amide bonds. The zero-order valence-corrected chi connectivity index (χ0v) is 17.7. The van der Waals surface area contributed by atoms with E-state index in [2.05, 4.69) is 6.08 Å². The van der Waals surface area contributed by atoms with Gasteiger partial charge in [-0.2, -0.15) is 5.26 Å². The van der Waals surface area contributed by atoms with Crippen molar-refractivity contribution < 1.29 is 9.13 Å². The van der Waals surface area contributed by atoms with Crippen LogP contribution >= 0.6 is 0 Å². The number of hydrogen-bond donors (Lipinski definition) is 0. The maximum absolute atomic E-state index is 13.2. The highest BCUT2D eigenvalue weighted by atomic mass is 19.1. The van der Waals surface area contributed by atoms with E-state index in [4.69, 9.17) is 10.00 Å². The van der Waals surface area contributed by atoms with Crippen molar-refractivity contribution in [2.24, 2.45) is 11.8 Å². The van der Waals surface area contributed by atoms with Crippen molar-refractivity contribution in [1.29, 1.82) is 5.26 Å². The minimum Gasteiger partial charge on any atom is -0.378 e. The molecule has 0 radical (unpaired) electrons. The Kier molecular flexibility index (Phi) is 8.07. The highest BCUT2D eigenvalue weighted by Gasteiger charge is 2.38. The topological polar surface area (TPSA) is 33.0 Å². The molecule has 0 saturated heterocycles. The van der Waals surface area contributed by atoms with E-state index in [0.29, 0.717) is 5.92 Å². The molecule has 0 aliphatic heterocycles. The maximum atomic E-state index is 13.2. The van der Waals surface area contributed by atoms with E-state index < -0.39 is 0 Å². The zero-order valence-electron chi connectivity index (χ0n) is 17.7. The van der Waals surface area contributed by atoms with Crippen LogP contribution in [0.2, 0.25) is 0 Å². The number of ether oxygens (including phenoxy) is 1. The van der Waals surface area contributed by atoms with Crippen LogP contribution in [0.5, 0.6) is 0 Å². The molecule has 0 aromatic heterocycles. The van der Waals surface area contributed by atoms with Gasteiger partial charge in [-0.3, -0.25) is 0 Å². The van der Waals surface area contributed by atoms with E-state index in [-0.39, 0.29) is 11.4 Å². The first-order chi connectivity index (χ1) is 14.2. The SMILES string of the molecule is CO[C@]1(CCC=CC=CC#N)CC[C@H]([C@H]2CC[C@H](c3ccc(F)cc3)CC2)CC1. The van der Waals surface area contributed by atoms with Crippen LogP contribution in [0.15, 0.2) is 48.6 Å². The van der Waals surface area contributed by atoms with Gasteiger partial charge in [0, 0.05) is 13.2 Å². The maximum Gasteiger partial charge on any atom is 0.123 e. The molecular formula is C26H34FNO. The first kappa shape index (κ1) is 21.8. The summed E-state index contributed by atoms with van der Waals surface area (Å²) in [5.74, 6) is 2.15. The summed E-state index contributed by atoms with van der Waals surface area (Å²) in [4.78, 5) is 0. The van der Waals surface area contributed by atoms with Crippen molar-refractivity contribution in [2.45, 2.75) is 75.7 Å². The first-order valence-electron chi connectivity index (χ1n) is 11.2.